The maximum atomic E-state index is 13.8. The Hall–Kier alpha value is -2.21. The zero-order valence-electron chi connectivity index (χ0n) is 26.4. The van der Waals surface area contributed by atoms with E-state index in [0.717, 1.165) is 68.3 Å². The van der Waals surface area contributed by atoms with Crippen molar-refractivity contribution in [1.82, 2.24) is 24.7 Å². The number of nitrogens with one attached hydrogen (secondary N) is 2. The van der Waals surface area contributed by atoms with Crippen molar-refractivity contribution < 1.29 is 18.0 Å². The normalized spacial score (nSPS) is 17.0. The molecule has 0 radical (unpaired) electrons. The maximum absolute atomic E-state index is 13.8. The Balaban J connectivity index is 1.44. The Bertz CT molecular complexity index is 1380. The molecular formula is C33H47Cl2N5O4S. The van der Waals surface area contributed by atoms with E-state index < -0.39 is 22.5 Å². The Morgan fingerprint density at radius 2 is 1.62 bits per heavy atom. The highest BCUT2D eigenvalue weighted by Crippen LogP contribution is 2.32. The molecule has 0 aliphatic carbocycles. The van der Waals surface area contributed by atoms with E-state index in [9.17, 15) is 18.0 Å². The fourth-order valence-corrected chi connectivity index (χ4v) is 8.29. The standard InChI is InChI=1S/C33H47Cl2N5O4S/c1-3-38-18-13-28(14-19-38)23-39(22-27-11-16-36-17-12-27)32(42)21-37-31(41)24-40(20-15-26-7-5-4-6-8-26)45(43,44)30-10-9-29(34)25(2)33(30)35/h4-10,27-28,36H,3,11-24H2,1-2H3,(H,37,41). The third-order valence-corrected chi connectivity index (χ3v) is 12.0. The van der Waals surface area contributed by atoms with E-state index in [1.165, 1.54) is 12.1 Å². The molecule has 0 unspecified atom stereocenters. The summed E-state index contributed by atoms with van der Waals surface area (Å²) in [4.78, 5) is 31.1. The highest BCUT2D eigenvalue weighted by molar-refractivity contribution is 7.89. The lowest BCUT2D eigenvalue weighted by Gasteiger charge is -2.36. The van der Waals surface area contributed by atoms with Gasteiger partial charge in [0, 0.05) is 24.7 Å². The fraction of sp³-hybridized carbons (Fsp3) is 0.576. The lowest BCUT2D eigenvalue weighted by molar-refractivity contribution is -0.134. The number of benzene rings is 2. The second-order valence-corrected chi connectivity index (χ2v) is 14.9. The molecule has 2 aliphatic rings. The van der Waals surface area contributed by atoms with Gasteiger partial charge >= 0.3 is 0 Å². The van der Waals surface area contributed by atoms with Gasteiger partial charge in [0.05, 0.1) is 18.1 Å². The molecule has 2 aromatic rings. The smallest absolute Gasteiger partial charge is 0.245 e. The van der Waals surface area contributed by atoms with Crippen LogP contribution in [0.3, 0.4) is 0 Å². The molecule has 0 saturated carbocycles. The first-order chi connectivity index (χ1) is 21.6. The number of halogens is 2. The molecule has 2 saturated heterocycles. The zero-order chi connectivity index (χ0) is 32.4. The fourth-order valence-electron chi connectivity index (χ4n) is 6.11. The van der Waals surface area contributed by atoms with E-state index in [0.29, 0.717) is 41.9 Å². The number of rotatable bonds is 14. The molecule has 248 valence electrons. The first kappa shape index (κ1) is 35.6. The van der Waals surface area contributed by atoms with Crippen molar-refractivity contribution in [3.8, 4) is 0 Å². The predicted octanol–water partition coefficient (Wildman–Crippen LogP) is 4.21. The average molecular weight is 681 g/mol. The minimum Gasteiger partial charge on any atom is -0.346 e. The van der Waals surface area contributed by atoms with Crippen LogP contribution in [0.25, 0.3) is 0 Å². The molecule has 4 rings (SSSR count). The van der Waals surface area contributed by atoms with Gasteiger partial charge in [0.25, 0.3) is 0 Å². The van der Waals surface area contributed by atoms with Gasteiger partial charge in [-0.05, 0) is 107 Å². The van der Waals surface area contributed by atoms with Gasteiger partial charge in [-0.25, -0.2) is 8.42 Å². The van der Waals surface area contributed by atoms with Crippen LogP contribution in [-0.2, 0) is 26.0 Å². The lowest BCUT2D eigenvalue weighted by atomic mass is 9.94. The number of carbonyl (C=O) groups excluding carboxylic acids is 2. The molecule has 45 heavy (non-hydrogen) atoms. The molecule has 12 heteroatoms. The summed E-state index contributed by atoms with van der Waals surface area (Å²) in [6, 6.07) is 12.3. The van der Waals surface area contributed by atoms with Crippen LogP contribution in [0.2, 0.25) is 10.0 Å². The number of piperidine rings is 2. The zero-order valence-corrected chi connectivity index (χ0v) is 28.8. The van der Waals surface area contributed by atoms with Crippen molar-refractivity contribution >= 4 is 45.0 Å². The molecule has 2 aromatic carbocycles. The quantitative estimate of drug-likeness (QED) is 0.310. The van der Waals surface area contributed by atoms with Crippen LogP contribution in [-0.4, -0.2) is 99.8 Å². The third kappa shape index (κ3) is 10.1. The number of carbonyl (C=O) groups is 2. The second-order valence-electron chi connectivity index (χ2n) is 12.2. The lowest BCUT2D eigenvalue weighted by Crippen LogP contribution is -2.48. The first-order valence-corrected chi connectivity index (χ1v) is 18.2. The van der Waals surface area contributed by atoms with Crippen LogP contribution >= 0.6 is 23.2 Å². The summed E-state index contributed by atoms with van der Waals surface area (Å²) < 4.78 is 28.8. The molecule has 2 fully saturated rings. The van der Waals surface area contributed by atoms with Gasteiger partial charge in [-0.3, -0.25) is 9.59 Å². The topological polar surface area (TPSA) is 102 Å². The Morgan fingerprint density at radius 3 is 2.27 bits per heavy atom. The summed E-state index contributed by atoms with van der Waals surface area (Å²) in [6.07, 6.45) is 4.54. The number of hydrogen-bond donors (Lipinski definition) is 2. The van der Waals surface area contributed by atoms with Crippen molar-refractivity contribution in [3.63, 3.8) is 0 Å². The van der Waals surface area contributed by atoms with Gasteiger partial charge < -0.3 is 20.4 Å². The van der Waals surface area contributed by atoms with E-state index >= 15 is 0 Å². The summed E-state index contributed by atoms with van der Waals surface area (Å²) in [7, 11) is -4.16. The van der Waals surface area contributed by atoms with Gasteiger partial charge in [-0.1, -0.05) is 60.5 Å². The van der Waals surface area contributed by atoms with Crippen molar-refractivity contribution in [2.45, 2.75) is 50.8 Å². The van der Waals surface area contributed by atoms with Crippen molar-refractivity contribution in [3.05, 3.63) is 63.6 Å². The molecule has 9 nitrogen and oxygen atoms in total. The molecule has 0 aromatic heterocycles. The van der Waals surface area contributed by atoms with Gasteiger partial charge in [0.15, 0.2) is 0 Å². The van der Waals surface area contributed by atoms with Crippen LogP contribution in [0.4, 0.5) is 0 Å². The van der Waals surface area contributed by atoms with Crippen molar-refractivity contribution in [2.24, 2.45) is 11.8 Å². The summed E-state index contributed by atoms with van der Waals surface area (Å²) >= 11 is 12.6. The monoisotopic (exact) mass is 679 g/mol. The van der Waals surface area contributed by atoms with Crippen LogP contribution < -0.4 is 10.6 Å². The minimum absolute atomic E-state index is 0.0288. The van der Waals surface area contributed by atoms with E-state index in [-0.39, 0.29) is 28.9 Å². The first-order valence-electron chi connectivity index (χ1n) is 16.0. The highest BCUT2D eigenvalue weighted by Gasteiger charge is 2.31. The second kappa shape index (κ2) is 17.1. The summed E-state index contributed by atoms with van der Waals surface area (Å²) in [5, 5.41) is 6.50. The van der Waals surface area contributed by atoms with Crippen LogP contribution in [0.15, 0.2) is 47.4 Å². The van der Waals surface area contributed by atoms with E-state index in [4.69, 9.17) is 23.2 Å². The van der Waals surface area contributed by atoms with E-state index in [1.807, 2.05) is 35.2 Å². The summed E-state index contributed by atoms with van der Waals surface area (Å²) in [6.45, 7) is 9.64. The number of amides is 2. The number of nitrogens with zero attached hydrogens (tertiary/aromatic N) is 3. The molecule has 2 amide bonds. The summed E-state index contributed by atoms with van der Waals surface area (Å²) in [5.74, 6) is 0.183. The SMILES string of the molecule is CCN1CCC(CN(CC2CCNCC2)C(=O)CNC(=O)CN(CCc2ccccc2)S(=O)(=O)c2ccc(Cl)c(C)c2Cl)CC1. The minimum atomic E-state index is -4.16. The van der Waals surface area contributed by atoms with Gasteiger partial charge in [-0.2, -0.15) is 4.31 Å². The van der Waals surface area contributed by atoms with Crippen molar-refractivity contribution in [2.75, 3.05) is 65.4 Å². The van der Waals surface area contributed by atoms with Crippen LogP contribution in [0.5, 0.6) is 0 Å². The Kier molecular flexibility index (Phi) is 13.5. The molecule has 0 spiro atoms. The van der Waals surface area contributed by atoms with Gasteiger partial charge in [-0.15, -0.1) is 0 Å². The molecule has 2 aliphatic heterocycles. The van der Waals surface area contributed by atoms with Crippen LogP contribution in [0, 0.1) is 18.8 Å². The Morgan fingerprint density at radius 1 is 0.978 bits per heavy atom. The highest BCUT2D eigenvalue weighted by atomic mass is 35.5. The third-order valence-electron chi connectivity index (χ3n) is 9.08. The molecular weight excluding hydrogens is 633 g/mol. The van der Waals surface area contributed by atoms with E-state index in [1.54, 1.807) is 6.92 Å². The summed E-state index contributed by atoms with van der Waals surface area (Å²) in [5.41, 5.74) is 1.39. The van der Waals surface area contributed by atoms with Crippen LogP contribution in [0.1, 0.15) is 43.7 Å². The Labute approximate surface area is 278 Å². The van der Waals surface area contributed by atoms with E-state index in [2.05, 4.69) is 22.5 Å². The molecule has 2 N–H and O–H groups in total. The molecule has 2 heterocycles. The van der Waals surface area contributed by atoms with Gasteiger partial charge in [0.2, 0.25) is 21.8 Å². The number of hydrogen-bond acceptors (Lipinski definition) is 6. The largest absolute Gasteiger partial charge is 0.346 e. The number of likely N-dealkylation sites (tertiary alicyclic amines) is 1. The maximum Gasteiger partial charge on any atom is 0.245 e. The number of sulfonamides is 1. The van der Waals surface area contributed by atoms with Crippen molar-refractivity contribution in [1.29, 1.82) is 0 Å². The molecule has 0 atom stereocenters. The predicted molar refractivity (Wildman–Crippen MR) is 180 cm³/mol. The van der Waals surface area contributed by atoms with Gasteiger partial charge in [0.1, 0.15) is 4.90 Å². The average Bonchev–Trinajstić information content (AvgIpc) is 3.05. The molecule has 0 bridgehead atoms.